The Kier molecular flexibility index (Phi) is 8.83. The smallest absolute Gasteiger partial charge is 0.136 e. The molecule has 12 aromatic rings. The summed E-state index contributed by atoms with van der Waals surface area (Å²) in [6.45, 7) is 0. The van der Waals surface area contributed by atoms with Crippen molar-refractivity contribution in [1.29, 1.82) is 0 Å². The van der Waals surface area contributed by atoms with E-state index in [1.807, 2.05) is 12.1 Å². The predicted octanol–water partition coefficient (Wildman–Crippen LogP) is 16.8. The van der Waals surface area contributed by atoms with E-state index in [9.17, 15) is 0 Å². The van der Waals surface area contributed by atoms with Crippen molar-refractivity contribution in [2.45, 2.75) is 0 Å². The van der Waals surface area contributed by atoms with Gasteiger partial charge in [0.15, 0.2) is 0 Å². The monoisotopic (exact) mass is 804 g/mol. The lowest BCUT2D eigenvalue weighted by molar-refractivity contribution is 0.669. The largest absolute Gasteiger partial charge is 0.456 e. The number of hydrogen-bond donors (Lipinski definition) is 0. The molecule has 0 fully saturated rings. The zero-order chi connectivity index (χ0) is 41.7. The topological polar surface area (TPSA) is 21.3 Å². The Morgan fingerprint density at radius 2 is 0.683 bits per heavy atom. The summed E-state index contributed by atoms with van der Waals surface area (Å²) in [5, 5.41) is 4.83. The molecule has 12 rings (SSSR count). The average molecular weight is 805 g/mol. The van der Waals surface area contributed by atoms with Crippen molar-refractivity contribution in [3.8, 4) is 50.2 Å². The van der Waals surface area contributed by atoms with Crippen LogP contribution in [-0.2, 0) is 0 Å². The van der Waals surface area contributed by atoms with Crippen LogP contribution in [0.5, 0.6) is 0 Å². The van der Waals surface area contributed by atoms with Crippen LogP contribution in [0.2, 0.25) is 0 Å². The second kappa shape index (κ2) is 15.3. The van der Waals surface area contributed by atoms with E-state index in [1.54, 1.807) is 0 Å². The molecule has 0 N–H and O–H groups in total. The summed E-state index contributed by atoms with van der Waals surface area (Å²) in [5.74, 6) is 0. The van der Waals surface area contributed by atoms with E-state index in [2.05, 4.69) is 240 Å². The third kappa shape index (κ3) is 6.55. The predicted molar refractivity (Wildman–Crippen MR) is 264 cm³/mol. The number of furan rings is 1. The number of para-hydroxylation sites is 4. The third-order valence-electron chi connectivity index (χ3n) is 12.4. The summed E-state index contributed by atoms with van der Waals surface area (Å²) in [7, 11) is 0. The van der Waals surface area contributed by atoms with Gasteiger partial charge in [0.1, 0.15) is 11.2 Å². The summed E-state index contributed by atoms with van der Waals surface area (Å²) in [4.78, 5) is 2.32. The summed E-state index contributed by atoms with van der Waals surface area (Å²) >= 11 is 0. The maximum absolute atomic E-state index is 6.17. The van der Waals surface area contributed by atoms with Gasteiger partial charge in [-0.3, -0.25) is 0 Å². The number of benzene rings is 10. The maximum atomic E-state index is 6.17. The molecule has 0 unspecified atom stereocenters. The van der Waals surface area contributed by atoms with Crippen molar-refractivity contribution >= 4 is 60.8 Å². The first-order valence-electron chi connectivity index (χ1n) is 21.5. The molecule has 0 atom stereocenters. The van der Waals surface area contributed by atoms with E-state index in [-0.39, 0.29) is 0 Å². The van der Waals surface area contributed by atoms with E-state index in [0.717, 1.165) is 55.8 Å². The van der Waals surface area contributed by atoms with Crippen molar-refractivity contribution in [1.82, 2.24) is 4.57 Å². The first kappa shape index (κ1) is 36.5. The van der Waals surface area contributed by atoms with Crippen LogP contribution in [0, 0.1) is 0 Å². The van der Waals surface area contributed by atoms with Gasteiger partial charge in [-0.15, -0.1) is 0 Å². The average Bonchev–Trinajstić information content (AvgIpc) is 3.91. The molecule has 0 saturated carbocycles. The van der Waals surface area contributed by atoms with Crippen LogP contribution in [0.4, 0.5) is 17.1 Å². The molecule has 0 saturated heterocycles. The van der Waals surface area contributed by atoms with Crippen LogP contribution in [0.1, 0.15) is 0 Å². The normalized spacial score (nSPS) is 11.5. The van der Waals surface area contributed by atoms with Gasteiger partial charge >= 0.3 is 0 Å². The quantitative estimate of drug-likeness (QED) is 0.153. The van der Waals surface area contributed by atoms with E-state index in [0.29, 0.717) is 0 Å². The highest BCUT2D eigenvalue weighted by atomic mass is 16.3. The Balaban J connectivity index is 0.792. The van der Waals surface area contributed by atoms with E-state index in [1.165, 1.54) is 55.2 Å². The van der Waals surface area contributed by atoms with Gasteiger partial charge in [0.2, 0.25) is 0 Å². The Morgan fingerprint density at radius 1 is 0.270 bits per heavy atom. The van der Waals surface area contributed by atoms with Gasteiger partial charge in [-0.2, -0.15) is 0 Å². The molecule has 0 radical (unpaired) electrons. The van der Waals surface area contributed by atoms with Crippen molar-refractivity contribution < 1.29 is 4.42 Å². The molecule has 296 valence electrons. The van der Waals surface area contributed by atoms with E-state index in [4.69, 9.17) is 4.42 Å². The molecule has 0 aliphatic carbocycles. The van der Waals surface area contributed by atoms with E-state index < -0.39 is 0 Å². The van der Waals surface area contributed by atoms with Gasteiger partial charge in [-0.25, -0.2) is 0 Å². The van der Waals surface area contributed by atoms with Crippen LogP contribution < -0.4 is 4.90 Å². The van der Waals surface area contributed by atoms with Crippen LogP contribution in [0.3, 0.4) is 0 Å². The molecule has 0 spiro atoms. The zero-order valence-corrected chi connectivity index (χ0v) is 34.4. The first-order chi connectivity index (χ1) is 31.2. The first-order valence-corrected chi connectivity index (χ1v) is 21.5. The lowest BCUT2D eigenvalue weighted by Gasteiger charge is -2.26. The minimum absolute atomic E-state index is 0.912. The summed E-state index contributed by atoms with van der Waals surface area (Å²) in [5.41, 5.74) is 18.1. The van der Waals surface area contributed by atoms with Gasteiger partial charge in [0.25, 0.3) is 0 Å². The zero-order valence-electron chi connectivity index (χ0n) is 34.4. The third-order valence-corrected chi connectivity index (χ3v) is 12.4. The van der Waals surface area contributed by atoms with E-state index >= 15 is 0 Å². The van der Waals surface area contributed by atoms with Crippen LogP contribution in [0.15, 0.2) is 247 Å². The Labute approximate surface area is 366 Å². The van der Waals surface area contributed by atoms with Gasteiger partial charge in [-0.1, -0.05) is 164 Å². The molecule has 3 nitrogen and oxygen atoms in total. The molecular formula is C60H40N2O. The molecule has 0 bridgehead atoms. The lowest BCUT2D eigenvalue weighted by Crippen LogP contribution is -2.09. The summed E-state index contributed by atoms with van der Waals surface area (Å²) in [6, 6.07) is 87.0. The fourth-order valence-electron chi connectivity index (χ4n) is 9.27. The standard InChI is InChI=1S/C60H40N2O/c1-2-12-49(13-3-1)61(51-36-31-44(32-37-51)42-23-27-46(28-24-42)48-33-38-56-55-17-6-9-20-59(55)63-60(56)40-48)50-34-29-43(30-35-50)41-21-25-45(26-22-41)47-11-10-14-52(39-47)62-57-18-7-4-15-53(57)54-16-5-8-19-58(54)62/h1-40H. The highest BCUT2D eigenvalue weighted by Gasteiger charge is 2.15. The number of fused-ring (bicyclic) bond motifs is 6. The number of hydrogen-bond acceptors (Lipinski definition) is 2. The Bertz CT molecular complexity index is 3530. The summed E-state index contributed by atoms with van der Waals surface area (Å²) in [6.07, 6.45) is 0. The van der Waals surface area contributed by atoms with Crippen LogP contribution in [0.25, 0.3) is 93.9 Å². The molecule has 10 aromatic carbocycles. The van der Waals surface area contributed by atoms with Crippen molar-refractivity contribution in [2.75, 3.05) is 4.90 Å². The number of aromatic nitrogens is 1. The maximum Gasteiger partial charge on any atom is 0.136 e. The molecule has 0 aliphatic heterocycles. The fraction of sp³-hybridized carbons (Fsp3) is 0. The minimum Gasteiger partial charge on any atom is -0.456 e. The SMILES string of the molecule is c1ccc(N(c2ccc(-c3ccc(-c4cccc(-n5c6ccccc6c6ccccc65)c4)cc3)cc2)c2ccc(-c3ccc(-c4ccc5c(c4)oc4ccccc45)cc3)cc2)cc1. The van der Waals surface area contributed by atoms with Crippen molar-refractivity contribution in [3.05, 3.63) is 243 Å². The Morgan fingerprint density at radius 3 is 1.25 bits per heavy atom. The molecule has 2 heterocycles. The van der Waals surface area contributed by atoms with Gasteiger partial charge in [0, 0.05) is 44.3 Å². The Hall–Kier alpha value is -8.40. The molecule has 0 amide bonds. The second-order valence-electron chi connectivity index (χ2n) is 16.1. The second-order valence-corrected chi connectivity index (χ2v) is 16.1. The van der Waals surface area contributed by atoms with Crippen LogP contribution in [-0.4, -0.2) is 4.57 Å². The molecule has 0 aliphatic rings. The molecule has 2 aromatic heterocycles. The molecule has 63 heavy (non-hydrogen) atoms. The lowest BCUT2D eigenvalue weighted by atomic mass is 9.99. The fourth-order valence-corrected chi connectivity index (χ4v) is 9.27. The van der Waals surface area contributed by atoms with Crippen molar-refractivity contribution in [3.63, 3.8) is 0 Å². The summed E-state index contributed by atoms with van der Waals surface area (Å²) < 4.78 is 8.55. The number of anilines is 3. The highest BCUT2D eigenvalue weighted by Crippen LogP contribution is 2.39. The van der Waals surface area contributed by atoms with Gasteiger partial charge in [0.05, 0.1) is 11.0 Å². The number of nitrogens with zero attached hydrogens (tertiary/aromatic N) is 2. The highest BCUT2D eigenvalue weighted by molar-refractivity contribution is 6.09. The van der Waals surface area contributed by atoms with Gasteiger partial charge < -0.3 is 13.9 Å². The van der Waals surface area contributed by atoms with Crippen molar-refractivity contribution in [2.24, 2.45) is 0 Å². The van der Waals surface area contributed by atoms with Crippen LogP contribution >= 0.6 is 0 Å². The molecular weight excluding hydrogens is 765 g/mol. The minimum atomic E-state index is 0.912. The number of rotatable bonds is 8. The van der Waals surface area contributed by atoms with Gasteiger partial charge in [-0.05, 0) is 123 Å². The molecule has 3 heteroatoms.